The van der Waals surface area contributed by atoms with Gasteiger partial charge in [0.2, 0.25) is 0 Å². The maximum atomic E-state index is 5.48. The molecule has 1 aromatic carbocycles. The molecule has 0 aliphatic carbocycles. The van der Waals surface area contributed by atoms with E-state index in [4.69, 9.17) is 4.74 Å². The second-order valence-electron chi connectivity index (χ2n) is 4.90. The SMILES string of the molecule is CNC(Cn1ncc2ccccc21)C1CCOC1. The summed E-state index contributed by atoms with van der Waals surface area (Å²) >= 11 is 0. The standard InChI is InChI=1S/C14H19N3O/c1-15-13(12-6-7-18-10-12)9-17-14-5-3-2-4-11(14)8-16-17/h2-5,8,12-13,15H,6-7,9-10H2,1H3. The van der Waals surface area contributed by atoms with E-state index in [-0.39, 0.29) is 0 Å². The van der Waals surface area contributed by atoms with Gasteiger partial charge in [0, 0.05) is 24.0 Å². The lowest BCUT2D eigenvalue weighted by Crippen LogP contribution is -2.38. The number of rotatable bonds is 4. The Hall–Kier alpha value is -1.39. The van der Waals surface area contributed by atoms with Crippen molar-refractivity contribution in [3.8, 4) is 0 Å². The molecule has 2 unspecified atom stereocenters. The molecule has 1 aliphatic rings. The fourth-order valence-electron chi connectivity index (χ4n) is 2.70. The van der Waals surface area contributed by atoms with Crippen LogP contribution in [0.1, 0.15) is 6.42 Å². The monoisotopic (exact) mass is 245 g/mol. The Morgan fingerprint density at radius 3 is 3.17 bits per heavy atom. The lowest BCUT2D eigenvalue weighted by Gasteiger charge is -2.22. The average molecular weight is 245 g/mol. The molecule has 96 valence electrons. The van der Waals surface area contributed by atoms with E-state index in [1.54, 1.807) is 0 Å². The van der Waals surface area contributed by atoms with Crippen molar-refractivity contribution in [3.05, 3.63) is 30.5 Å². The van der Waals surface area contributed by atoms with E-state index in [9.17, 15) is 0 Å². The van der Waals surface area contributed by atoms with Crippen LogP contribution >= 0.6 is 0 Å². The van der Waals surface area contributed by atoms with Crippen LogP contribution in [0.3, 0.4) is 0 Å². The first kappa shape index (κ1) is 11.7. The van der Waals surface area contributed by atoms with E-state index in [0.717, 1.165) is 26.2 Å². The van der Waals surface area contributed by atoms with E-state index < -0.39 is 0 Å². The molecular formula is C14H19N3O. The van der Waals surface area contributed by atoms with Gasteiger partial charge in [-0.2, -0.15) is 5.10 Å². The molecule has 2 atom stereocenters. The molecule has 0 amide bonds. The third-order valence-corrected chi connectivity index (χ3v) is 3.83. The number of para-hydroxylation sites is 1. The second-order valence-corrected chi connectivity index (χ2v) is 4.90. The molecule has 1 fully saturated rings. The summed E-state index contributed by atoms with van der Waals surface area (Å²) in [4.78, 5) is 0. The summed E-state index contributed by atoms with van der Waals surface area (Å²) in [5.74, 6) is 0.595. The van der Waals surface area contributed by atoms with Crippen molar-refractivity contribution in [2.45, 2.75) is 19.0 Å². The fourth-order valence-corrected chi connectivity index (χ4v) is 2.70. The average Bonchev–Trinajstić information content (AvgIpc) is 3.06. The predicted octanol–water partition coefficient (Wildman–Crippen LogP) is 1.66. The highest BCUT2D eigenvalue weighted by Crippen LogP contribution is 2.20. The number of benzene rings is 1. The van der Waals surface area contributed by atoms with Gasteiger partial charge in [-0.15, -0.1) is 0 Å². The van der Waals surface area contributed by atoms with E-state index in [1.807, 2.05) is 13.2 Å². The molecule has 18 heavy (non-hydrogen) atoms. The highest BCUT2D eigenvalue weighted by atomic mass is 16.5. The third kappa shape index (κ3) is 2.13. The molecule has 0 radical (unpaired) electrons. The number of aromatic nitrogens is 2. The number of likely N-dealkylation sites (N-methyl/N-ethyl adjacent to an activating group) is 1. The van der Waals surface area contributed by atoms with Crippen LogP contribution in [-0.2, 0) is 11.3 Å². The van der Waals surface area contributed by atoms with Crippen molar-refractivity contribution < 1.29 is 4.74 Å². The van der Waals surface area contributed by atoms with Gasteiger partial charge in [-0.05, 0) is 19.5 Å². The summed E-state index contributed by atoms with van der Waals surface area (Å²) in [6.45, 7) is 2.66. The van der Waals surface area contributed by atoms with Gasteiger partial charge in [-0.25, -0.2) is 0 Å². The molecule has 0 saturated carbocycles. The van der Waals surface area contributed by atoms with Crippen molar-refractivity contribution in [1.29, 1.82) is 0 Å². The molecule has 1 N–H and O–H groups in total. The molecule has 1 saturated heterocycles. The Balaban J connectivity index is 1.81. The van der Waals surface area contributed by atoms with Gasteiger partial charge in [0.25, 0.3) is 0 Å². The number of hydrogen-bond donors (Lipinski definition) is 1. The second kappa shape index (κ2) is 5.08. The van der Waals surface area contributed by atoms with Crippen LogP contribution in [0.25, 0.3) is 10.9 Å². The first-order chi connectivity index (χ1) is 8.88. The first-order valence-corrected chi connectivity index (χ1v) is 6.54. The minimum atomic E-state index is 0.427. The number of hydrogen-bond acceptors (Lipinski definition) is 3. The number of ether oxygens (including phenoxy) is 1. The predicted molar refractivity (Wildman–Crippen MR) is 71.5 cm³/mol. The summed E-state index contributed by atoms with van der Waals surface area (Å²) < 4.78 is 7.57. The molecule has 1 aromatic heterocycles. The highest BCUT2D eigenvalue weighted by molar-refractivity contribution is 5.78. The van der Waals surface area contributed by atoms with Crippen LogP contribution in [0.5, 0.6) is 0 Å². The van der Waals surface area contributed by atoms with Crippen LogP contribution < -0.4 is 5.32 Å². The summed E-state index contributed by atoms with van der Waals surface area (Å²) in [6.07, 6.45) is 3.08. The zero-order valence-electron chi connectivity index (χ0n) is 10.7. The number of nitrogens with one attached hydrogen (secondary N) is 1. The smallest absolute Gasteiger partial charge is 0.0683 e. The maximum absolute atomic E-state index is 5.48. The first-order valence-electron chi connectivity index (χ1n) is 6.54. The molecule has 0 bridgehead atoms. The molecule has 2 heterocycles. The molecule has 4 heteroatoms. The molecular weight excluding hydrogens is 226 g/mol. The van der Waals surface area contributed by atoms with Crippen molar-refractivity contribution >= 4 is 10.9 Å². The van der Waals surface area contributed by atoms with E-state index >= 15 is 0 Å². The van der Waals surface area contributed by atoms with E-state index in [1.165, 1.54) is 10.9 Å². The minimum absolute atomic E-state index is 0.427. The summed E-state index contributed by atoms with van der Waals surface area (Å²) in [5, 5.41) is 9.10. The maximum Gasteiger partial charge on any atom is 0.0683 e. The van der Waals surface area contributed by atoms with Crippen LogP contribution in [0.4, 0.5) is 0 Å². The zero-order valence-corrected chi connectivity index (χ0v) is 10.7. The minimum Gasteiger partial charge on any atom is -0.381 e. The Morgan fingerprint density at radius 2 is 2.39 bits per heavy atom. The Bertz CT molecular complexity index is 516. The van der Waals surface area contributed by atoms with Crippen molar-refractivity contribution in [3.63, 3.8) is 0 Å². The molecule has 4 nitrogen and oxygen atoms in total. The molecule has 2 aromatic rings. The highest BCUT2D eigenvalue weighted by Gasteiger charge is 2.25. The van der Waals surface area contributed by atoms with Gasteiger partial charge in [0.05, 0.1) is 24.9 Å². The largest absolute Gasteiger partial charge is 0.381 e. The van der Waals surface area contributed by atoms with Crippen molar-refractivity contribution in [1.82, 2.24) is 15.1 Å². The van der Waals surface area contributed by atoms with Gasteiger partial charge in [-0.3, -0.25) is 4.68 Å². The number of fused-ring (bicyclic) bond motifs is 1. The zero-order chi connectivity index (χ0) is 12.4. The van der Waals surface area contributed by atoms with E-state index in [0.29, 0.717) is 12.0 Å². The fraction of sp³-hybridized carbons (Fsp3) is 0.500. The quantitative estimate of drug-likeness (QED) is 0.890. The summed E-state index contributed by atoms with van der Waals surface area (Å²) in [7, 11) is 2.02. The van der Waals surface area contributed by atoms with Gasteiger partial charge in [0.15, 0.2) is 0 Å². The lowest BCUT2D eigenvalue weighted by atomic mass is 9.99. The van der Waals surface area contributed by atoms with Crippen LogP contribution in [-0.4, -0.2) is 36.1 Å². The summed E-state index contributed by atoms with van der Waals surface area (Å²) in [6, 6.07) is 8.77. The Labute approximate surface area is 107 Å². The third-order valence-electron chi connectivity index (χ3n) is 3.83. The Morgan fingerprint density at radius 1 is 1.50 bits per heavy atom. The van der Waals surface area contributed by atoms with Crippen molar-refractivity contribution in [2.75, 3.05) is 20.3 Å². The lowest BCUT2D eigenvalue weighted by molar-refractivity contribution is 0.174. The number of nitrogens with zero attached hydrogens (tertiary/aromatic N) is 2. The van der Waals surface area contributed by atoms with Gasteiger partial charge >= 0.3 is 0 Å². The molecule has 1 aliphatic heterocycles. The van der Waals surface area contributed by atoms with Crippen LogP contribution in [0, 0.1) is 5.92 Å². The topological polar surface area (TPSA) is 39.1 Å². The van der Waals surface area contributed by atoms with Crippen LogP contribution in [0.15, 0.2) is 30.5 Å². The van der Waals surface area contributed by atoms with Gasteiger partial charge in [0.1, 0.15) is 0 Å². The van der Waals surface area contributed by atoms with Crippen molar-refractivity contribution in [2.24, 2.45) is 5.92 Å². The van der Waals surface area contributed by atoms with Gasteiger partial charge in [-0.1, -0.05) is 18.2 Å². The van der Waals surface area contributed by atoms with E-state index in [2.05, 4.69) is 39.4 Å². The normalized spacial score (nSPS) is 21.5. The van der Waals surface area contributed by atoms with Crippen LogP contribution in [0.2, 0.25) is 0 Å². The molecule has 0 spiro atoms. The summed E-state index contributed by atoms with van der Waals surface area (Å²) in [5.41, 5.74) is 1.21. The molecule has 3 rings (SSSR count). The Kier molecular flexibility index (Phi) is 3.30. The van der Waals surface area contributed by atoms with Gasteiger partial charge < -0.3 is 10.1 Å².